The number of aromatic nitrogens is 3. The molecule has 2 fully saturated rings. The second kappa shape index (κ2) is 12.1. The molecule has 230 valence electrons. The van der Waals surface area contributed by atoms with E-state index >= 15 is 0 Å². The maximum Gasteiger partial charge on any atom is 0.414 e. The summed E-state index contributed by atoms with van der Waals surface area (Å²) >= 11 is 0. The Balaban J connectivity index is 1.25. The number of cyclic esters (lactones) is 2. The third-order valence-corrected chi connectivity index (χ3v) is 8.24. The molecule has 44 heavy (non-hydrogen) atoms. The zero-order valence-electron chi connectivity index (χ0n) is 24.3. The summed E-state index contributed by atoms with van der Waals surface area (Å²) in [6.07, 6.45) is 5.66. The Labute approximate surface area is 253 Å². The van der Waals surface area contributed by atoms with Crippen molar-refractivity contribution < 1.29 is 34.1 Å². The molecule has 2 N–H and O–H groups in total. The molecule has 0 spiro atoms. The molecule has 3 amide bonds. The minimum absolute atomic E-state index is 0.00221. The molecule has 13 nitrogen and oxygen atoms in total. The zero-order chi connectivity index (χ0) is 30.8. The summed E-state index contributed by atoms with van der Waals surface area (Å²) in [6.45, 7) is 4.00. The quantitative estimate of drug-likeness (QED) is 0.316. The maximum absolute atomic E-state index is 14.1. The lowest BCUT2D eigenvalue weighted by atomic mass is 9.82. The number of hydrogen-bond acceptors (Lipinski definition) is 9. The van der Waals surface area contributed by atoms with Gasteiger partial charge in [0.25, 0.3) is 5.91 Å². The Hall–Kier alpha value is -4.75. The molecule has 2 atom stereocenters. The second-order valence-electron chi connectivity index (χ2n) is 11.0. The highest BCUT2D eigenvalue weighted by Crippen LogP contribution is 2.47. The number of allylic oxidation sites excluding steroid dienone is 1. The number of hydrogen-bond donors (Lipinski definition) is 2. The van der Waals surface area contributed by atoms with E-state index in [1.807, 2.05) is 36.4 Å². The van der Waals surface area contributed by atoms with Crippen LogP contribution in [0.5, 0.6) is 0 Å². The third-order valence-electron chi connectivity index (χ3n) is 8.24. The van der Waals surface area contributed by atoms with Crippen molar-refractivity contribution in [2.24, 2.45) is 5.92 Å². The van der Waals surface area contributed by atoms with Crippen molar-refractivity contribution in [2.45, 2.75) is 38.5 Å². The summed E-state index contributed by atoms with van der Waals surface area (Å²) in [7, 11) is 0. The van der Waals surface area contributed by atoms with Gasteiger partial charge < -0.3 is 24.6 Å². The van der Waals surface area contributed by atoms with Crippen LogP contribution in [-0.2, 0) is 39.4 Å². The van der Waals surface area contributed by atoms with E-state index < -0.39 is 23.5 Å². The topological polar surface area (TPSA) is 151 Å². The molecule has 6 rings (SSSR count). The molecular weight excluding hydrogens is 568 g/mol. The predicted molar refractivity (Wildman–Crippen MR) is 159 cm³/mol. The van der Waals surface area contributed by atoms with Crippen LogP contribution in [0.1, 0.15) is 30.2 Å². The summed E-state index contributed by atoms with van der Waals surface area (Å²) in [5, 5.41) is 29.4. The van der Waals surface area contributed by atoms with E-state index in [0.29, 0.717) is 67.4 Å². The summed E-state index contributed by atoms with van der Waals surface area (Å²) < 4.78 is 11.8. The van der Waals surface area contributed by atoms with Gasteiger partial charge in [-0.05, 0) is 42.3 Å². The van der Waals surface area contributed by atoms with Gasteiger partial charge in [0, 0.05) is 48.6 Å². The smallest absolute Gasteiger partial charge is 0.414 e. The van der Waals surface area contributed by atoms with E-state index in [9.17, 15) is 19.5 Å². The molecule has 13 heteroatoms. The first-order valence-electron chi connectivity index (χ1n) is 14.6. The number of aliphatic hydroxyl groups is 2. The molecule has 0 unspecified atom stereocenters. The summed E-state index contributed by atoms with van der Waals surface area (Å²) in [5.74, 6) is -1.08. The van der Waals surface area contributed by atoms with Crippen molar-refractivity contribution in [3.63, 3.8) is 0 Å². The first kappa shape index (κ1) is 29.3. The molecule has 3 aromatic rings. The molecule has 1 aromatic heterocycles. The zero-order valence-corrected chi connectivity index (χ0v) is 24.3. The fraction of sp³-hybridized carbons (Fsp3) is 0.387. The minimum atomic E-state index is -1.88. The Morgan fingerprint density at radius 3 is 2.34 bits per heavy atom. The SMILES string of the molecule is C[C@@H](/C=C/CCn1cc(CCO)nn1)[C@]1(O)C(=O)N(Cc2ccc(N3CCOC3=O)cc2)c2ccc(N3CCOC3=O)cc21. The van der Waals surface area contributed by atoms with Gasteiger partial charge in [0.2, 0.25) is 0 Å². The number of nitrogens with zero attached hydrogens (tertiary/aromatic N) is 6. The van der Waals surface area contributed by atoms with E-state index in [0.717, 1.165) is 5.56 Å². The van der Waals surface area contributed by atoms with Gasteiger partial charge in [-0.15, -0.1) is 5.10 Å². The van der Waals surface area contributed by atoms with Gasteiger partial charge >= 0.3 is 12.2 Å². The molecule has 0 aliphatic carbocycles. The van der Waals surface area contributed by atoms with Gasteiger partial charge in [0.05, 0.1) is 31.0 Å². The lowest BCUT2D eigenvalue weighted by Crippen LogP contribution is -2.44. The largest absolute Gasteiger partial charge is 0.447 e. The predicted octanol–water partition coefficient (Wildman–Crippen LogP) is 2.74. The molecule has 4 heterocycles. The molecule has 3 aliphatic heterocycles. The normalized spacial score (nSPS) is 20.5. The van der Waals surface area contributed by atoms with Crippen molar-refractivity contribution in [2.75, 3.05) is 47.6 Å². The van der Waals surface area contributed by atoms with Crippen molar-refractivity contribution in [1.82, 2.24) is 15.0 Å². The van der Waals surface area contributed by atoms with Crippen LogP contribution in [0.3, 0.4) is 0 Å². The number of ether oxygens (including phenoxy) is 2. The summed E-state index contributed by atoms with van der Waals surface area (Å²) in [6, 6.07) is 12.5. The highest BCUT2D eigenvalue weighted by atomic mass is 16.6. The van der Waals surface area contributed by atoms with Crippen LogP contribution in [0, 0.1) is 5.92 Å². The summed E-state index contributed by atoms with van der Waals surface area (Å²) in [4.78, 5) is 43.0. The number of aliphatic hydroxyl groups excluding tert-OH is 1. The first-order valence-corrected chi connectivity index (χ1v) is 14.6. The second-order valence-corrected chi connectivity index (χ2v) is 11.0. The maximum atomic E-state index is 14.1. The fourth-order valence-electron chi connectivity index (χ4n) is 5.80. The van der Waals surface area contributed by atoms with Gasteiger partial charge in [0.15, 0.2) is 5.60 Å². The molecular formula is C31H34N6O7. The lowest BCUT2D eigenvalue weighted by molar-refractivity contribution is -0.139. The van der Waals surface area contributed by atoms with E-state index in [-0.39, 0.29) is 25.9 Å². The number of carbonyl (C=O) groups excluding carboxylic acids is 3. The fourth-order valence-corrected chi connectivity index (χ4v) is 5.80. The number of amides is 3. The van der Waals surface area contributed by atoms with Crippen molar-refractivity contribution in [3.8, 4) is 0 Å². The average molecular weight is 603 g/mol. The minimum Gasteiger partial charge on any atom is -0.447 e. The van der Waals surface area contributed by atoms with E-state index in [1.54, 1.807) is 45.8 Å². The lowest BCUT2D eigenvalue weighted by Gasteiger charge is -2.28. The third kappa shape index (κ3) is 5.40. The average Bonchev–Trinajstić information content (AvgIpc) is 3.81. The van der Waals surface area contributed by atoms with Gasteiger partial charge in [-0.25, -0.2) is 9.59 Å². The number of carbonyl (C=O) groups is 3. The van der Waals surface area contributed by atoms with Crippen molar-refractivity contribution in [1.29, 1.82) is 0 Å². The van der Waals surface area contributed by atoms with E-state index in [1.165, 1.54) is 4.90 Å². The van der Waals surface area contributed by atoms with E-state index in [2.05, 4.69) is 10.3 Å². The van der Waals surface area contributed by atoms with E-state index in [4.69, 9.17) is 14.6 Å². The molecule has 0 saturated carbocycles. The van der Waals surface area contributed by atoms with Crippen LogP contribution in [0.15, 0.2) is 60.8 Å². The molecule has 2 aromatic carbocycles. The molecule has 0 radical (unpaired) electrons. The first-order chi connectivity index (χ1) is 21.3. The monoisotopic (exact) mass is 602 g/mol. The Bertz CT molecular complexity index is 1590. The van der Waals surface area contributed by atoms with Gasteiger partial charge in [0.1, 0.15) is 13.2 Å². The number of fused-ring (bicyclic) bond motifs is 1. The Morgan fingerprint density at radius 2 is 1.68 bits per heavy atom. The Kier molecular flexibility index (Phi) is 8.06. The number of rotatable bonds is 11. The molecule has 0 bridgehead atoms. The van der Waals surface area contributed by atoms with Gasteiger partial charge in [-0.3, -0.25) is 19.3 Å². The number of anilines is 3. The van der Waals surface area contributed by atoms with Crippen LogP contribution in [0.4, 0.5) is 26.7 Å². The summed E-state index contributed by atoms with van der Waals surface area (Å²) in [5.41, 5.74) is 1.86. The van der Waals surface area contributed by atoms with Crippen molar-refractivity contribution in [3.05, 3.63) is 77.6 Å². The van der Waals surface area contributed by atoms with Crippen LogP contribution in [0.2, 0.25) is 0 Å². The number of aryl methyl sites for hydroxylation is 1. The Morgan fingerprint density at radius 1 is 1.00 bits per heavy atom. The van der Waals surface area contributed by atoms with Gasteiger partial charge in [-0.1, -0.05) is 36.4 Å². The highest BCUT2D eigenvalue weighted by Gasteiger charge is 2.53. The van der Waals surface area contributed by atoms with Crippen LogP contribution >= 0.6 is 0 Å². The standard InChI is InChI=1S/C31H34N6O7/c1-21(4-2-3-12-34-20-23(11-15-38)32-33-34)31(42)26-18-25(36-14-17-44-30(36)41)9-10-27(26)37(28(31)39)19-22-5-7-24(8-6-22)35-13-16-43-29(35)40/h2,4-10,18,20-21,38,42H,3,11-17,19H2,1H3/b4-2+/t21-,31+/m0/s1. The van der Waals surface area contributed by atoms with Gasteiger partial charge in [-0.2, -0.15) is 0 Å². The highest BCUT2D eigenvalue weighted by molar-refractivity contribution is 6.08. The van der Waals surface area contributed by atoms with Crippen LogP contribution < -0.4 is 14.7 Å². The van der Waals surface area contributed by atoms with Crippen LogP contribution in [-0.4, -0.2) is 76.2 Å². The number of benzene rings is 2. The van der Waals surface area contributed by atoms with Crippen LogP contribution in [0.25, 0.3) is 0 Å². The molecule has 2 saturated heterocycles. The van der Waals surface area contributed by atoms with Crippen molar-refractivity contribution >= 4 is 35.2 Å². The molecule has 3 aliphatic rings.